The van der Waals surface area contributed by atoms with Crippen LogP contribution in [0.4, 0.5) is 82.9 Å². The number of nitrogens with zero attached hydrogens (tertiary/aromatic N) is 1. The van der Waals surface area contributed by atoms with Crippen LogP contribution in [0.2, 0.25) is 0 Å². The Labute approximate surface area is 183 Å². The molecule has 184 valence electrons. The predicted molar refractivity (Wildman–Crippen MR) is 85.6 cm³/mol. The van der Waals surface area contributed by atoms with Crippen molar-refractivity contribution in [3.63, 3.8) is 0 Å². The van der Waals surface area contributed by atoms with Gasteiger partial charge in [-0.25, -0.2) is 39.5 Å². The molecule has 0 N–H and O–H groups in total. The van der Waals surface area contributed by atoms with Crippen molar-refractivity contribution in [2.45, 2.75) is 0 Å². The van der Waals surface area contributed by atoms with Crippen LogP contribution in [0.25, 0.3) is 0 Å². The van der Waals surface area contributed by atoms with E-state index in [1.54, 1.807) is 0 Å². The number of hydrogen-bond donors (Lipinski definition) is 0. The predicted octanol–water partition coefficient (Wildman–Crippen LogP) is 6.83. The van der Waals surface area contributed by atoms with Crippen molar-refractivity contribution in [1.82, 2.24) is 4.39 Å². The molecular weight excluding hydrogens is 526 g/mol. The van der Waals surface area contributed by atoms with Crippen molar-refractivity contribution in [1.29, 1.82) is 0 Å². The van der Waals surface area contributed by atoms with Crippen molar-refractivity contribution >= 4 is 25.0 Å². The molecule has 35 heavy (non-hydrogen) atoms. The first-order valence-electron chi connectivity index (χ1n) is 8.26. The average molecular weight is 526 g/mol. The molecule has 0 unspecified atom stereocenters. The van der Waals surface area contributed by atoms with Gasteiger partial charge in [-0.3, -0.25) is 4.39 Å². The van der Waals surface area contributed by atoms with E-state index in [0.29, 0.717) is 0 Å². The van der Waals surface area contributed by atoms with E-state index in [1.165, 1.54) is 0 Å². The van der Waals surface area contributed by atoms with Crippen LogP contribution in [-0.2, 0) is 0 Å². The summed E-state index contributed by atoms with van der Waals surface area (Å²) in [5.41, 5.74) is -8.94. The molecule has 0 amide bonds. The molecule has 17 heteroatoms. The van der Waals surface area contributed by atoms with Gasteiger partial charge in [-0.15, -0.1) is 0 Å². The highest BCUT2D eigenvalue weighted by Gasteiger charge is 2.52. The molecular formula is C18BF15N+. The lowest BCUT2D eigenvalue weighted by molar-refractivity contribution is 0.348. The number of quaternary nitrogens is 1. The molecule has 3 rings (SSSR count). The lowest BCUT2D eigenvalue weighted by Gasteiger charge is -2.35. The third-order valence-electron chi connectivity index (χ3n) is 4.62. The van der Waals surface area contributed by atoms with Crippen LogP contribution in [0, 0.1) is 87.3 Å². The van der Waals surface area contributed by atoms with Gasteiger partial charge < -0.3 is 0 Å². The smallest absolute Gasteiger partial charge is 0.282 e. The minimum atomic E-state index is -3.98. The Bertz CT molecular complexity index is 1170. The first kappa shape index (κ1) is 26.2. The molecule has 3 aromatic rings. The highest BCUT2D eigenvalue weighted by atomic mass is 19.2. The number of halogens is 15. The third-order valence-corrected chi connectivity index (χ3v) is 4.62. The van der Waals surface area contributed by atoms with Crippen molar-refractivity contribution in [2.24, 2.45) is 0 Å². The fourth-order valence-corrected chi connectivity index (χ4v) is 3.04. The topological polar surface area (TPSA) is 0 Å². The molecule has 0 bridgehead atoms. The van der Waals surface area contributed by atoms with E-state index >= 15 is 0 Å². The van der Waals surface area contributed by atoms with Gasteiger partial charge >= 0.3 is 7.98 Å². The summed E-state index contributed by atoms with van der Waals surface area (Å²) < 4.78 is 206. The minimum Gasteiger partial charge on any atom is -0.282 e. The minimum absolute atomic E-state index is 2.98. The second kappa shape index (κ2) is 8.39. The SMILES string of the molecule is [B][N+](c1c(F)c(F)c(F)c(F)c1F)(c1c(F)c(F)c(F)c(F)c1F)c1c(F)c(F)c(F)c(F)c1F. The summed E-state index contributed by atoms with van der Waals surface area (Å²) in [5.74, 6) is -47.0. The van der Waals surface area contributed by atoms with E-state index < -0.39 is 109 Å². The largest absolute Gasteiger partial charge is 0.499 e. The molecule has 0 saturated carbocycles. The van der Waals surface area contributed by atoms with E-state index in [4.69, 9.17) is 7.98 Å². The van der Waals surface area contributed by atoms with Gasteiger partial charge in [-0.2, -0.15) is 26.3 Å². The maximum Gasteiger partial charge on any atom is 0.499 e. The van der Waals surface area contributed by atoms with E-state index in [1.807, 2.05) is 0 Å². The molecule has 0 saturated heterocycles. The molecule has 3 aromatic carbocycles. The Kier molecular flexibility index (Phi) is 6.29. The molecule has 1 nitrogen and oxygen atoms in total. The summed E-state index contributed by atoms with van der Waals surface area (Å²) >= 11 is 0. The first-order valence-corrected chi connectivity index (χ1v) is 8.26. The zero-order valence-corrected chi connectivity index (χ0v) is 15.7. The van der Waals surface area contributed by atoms with E-state index in [-0.39, 0.29) is 0 Å². The van der Waals surface area contributed by atoms with Gasteiger partial charge in [0.2, 0.25) is 104 Å². The summed E-state index contributed by atoms with van der Waals surface area (Å²) in [7, 11) is 5.16. The van der Waals surface area contributed by atoms with Crippen LogP contribution in [0.15, 0.2) is 0 Å². The van der Waals surface area contributed by atoms with Crippen LogP contribution in [0.3, 0.4) is 0 Å². The van der Waals surface area contributed by atoms with Crippen molar-refractivity contribution < 1.29 is 65.9 Å². The van der Waals surface area contributed by atoms with Crippen LogP contribution >= 0.6 is 0 Å². The Balaban J connectivity index is 2.78. The van der Waals surface area contributed by atoms with Gasteiger partial charge in [0, 0.05) is 0 Å². The molecule has 0 atom stereocenters. The molecule has 2 radical (unpaired) electrons. The molecule has 0 aliphatic heterocycles. The molecule has 0 aliphatic rings. The monoisotopic (exact) mass is 526 g/mol. The highest BCUT2D eigenvalue weighted by Crippen LogP contribution is 2.51. The number of rotatable bonds is 3. The fourth-order valence-electron chi connectivity index (χ4n) is 3.04. The Morgan fingerprint density at radius 1 is 0.257 bits per heavy atom. The summed E-state index contributed by atoms with van der Waals surface area (Å²) in [5, 5.41) is 0. The molecule has 0 aromatic heterocycles. The van der Waals surface area contributed by atoms with E-state index in [0.717, 1.165) is 0 Å². The maximum atomic E-state index is 14.5. The lowest BCUT2D eigenvalue weighted by Crippen LogP contribution is -2.42. The van der Waals surface area contributed by atoms with E-state index in [9.17, 15) is 65.9 Å². The molecule has 0 spiro atoms. The second-order valence-corrected chi connectivity index (χ2v) is 6.48. The standard InChI is InChI=1S/C18BF15N/c19-35(16-10(29)4(23)1(20)5(24)11(16)30,17-12(31)6(25)2(21)7(26)13(17)32)18-14(33)8(27)3(22)9(28)15(18)34/q+1. The summed E-state index contributed by atoms with van der Waals surface area (Å²) in [6, 6.07) is 0. The summed E-state index contributed by atoms with van der Waals surface area (Å²) in [4.78, 5) is 0. The van der Waals surface area contributed by atoms with Crippen LogP contribution in [0.5, 0.6) is 0 Å². The van der Waals surface area contributed by atoms with Gasteiger partial charge in [-0.05, 0) is 0 Å². The molecule has 0 heterocycles. The van der Waals surface area contributed by atoms with Gasteiger partial charge in [0.25, 0.3) is 0 Å². The van der Waals surface area contributed by atoms with Crippen LogP contribution < -0.4 is 4.39 Å². The van der Waals surface area contributed by atoms with Crippen molar-refractivity contribution in [3.05, 3.63) is 87.3 Å². The number of benzene rings is 3. The Hall–Kier alpha value is -3.37. The molecule has 0 aliphatic carbocycles. The molecule has 0 fully saturated rings. The van der Waals surface area contributed by atoms with Crippen molar-refractivity contribution in [2.75, 3.05) is 0 Å². The second-order valence-electron chi connectivity index (χ2n) is 6.48. The van der Waals surface area contributed by atoms with Gasteiger partial charge in [-0.1, -0.05) is 0 Å². The van der Waals surface area contributed by atoms with Gasteiger partial charge in [0.15, 0.2) is 0 Å². The lowest BCUT2D eigenvalue weighted by atomic mass is 9.98. The first-order chi connectivity index (χ1) is 16.0. The van der Waals surface area contributed by atoms with Crippen LogP contribution in [0.1, 0.15) is 0 Å². The Morgan fingerprint density at radius 2 is 0.371 bits per heavy atom. The quantitative estimate of drug-likeness (QED) is 0.152. The van der Waals surface area contributed by atoms with Crippen molar-refractivity contribution in [3.8, 4) is 0 Å². The van der Waals surface area contributed by atoms with Gasteiger partial charge in [0.1, 0.15) is 0 Å². The zero-order chi connectivity index (χ0) is 26.9. The summed E-state index contributed by atoms with van der Waals surface area (Å²) in [6.07, 6.45) is 0. The van der Waals surface area contributed by atoms with Crippen LogP contribution in [-0.4, -0.2) is 7.98 Å². The average Bonchev–Trinajstić information content (AvgIpc) is 2.81. The highest BCUT2D eigenvalue weighted by molar-refractivity contribution is 6.21. The fraction of sp³-hybridized carbons (Fsp3) is 0. The van der Waals surface area contributed by atoms with E-state index in [2.05, 4.69) is 0 Å². The summed E-state index contributed by atoms with van der Waals surface area (Å²) in [6.45, 7) is 0. The zero-order valence-electron chi connectivity index (χ0n) is 15.7. The Morgan fingerprint density at radius 3 is 0.514 bits per heavy atom. The third kappa shape index (κ3) is 3.35. The maximum absolute atomic E-state index is 14.5. The number of hydrogen-bond acceptors (Lipinski definition) is 0. The van der Waals surface area contributed by atoms with Gasteiger partial charge in [0.05, 0.1) is 0 Å². The normalized spacial score (nSPS) is 12.0.